The molecule has 4 nitrogen and oxygen atoms in total. The predicted molar refractivity (Wildman–Crippen MR) is 78.8 cm³/mol. The smallest absolute Gasteiger partial charge is 0.422 e. The van der Waals surface area contributed by atoms with E-state index in [1.165, 1.54) is 23.9 Å². The van der Waals surface area contributed by atoms with Gasteiger partial charge in [-0.2, -0.15) is 13.2 Å². The van der Waals surface area contributed by atoms with Gasteiger partial charge >= 0.3 is 6.18 Å². The van der Waals surface area contributed by atoms with E-state index < -0.39 is 18.0 Å². The zero-order valence-corrected chi connectivity index (χ0v) is 12.5. The van der Waals surface area contributed by atoms with Gasteiger partial charge < -0.3 is 15.8 Å². The van der Waals surface area contributed by atoms with Crippen LogP contribution in [-0.2, 0) is 4.79 Å². The Morgan fingerprint density at radius 2 is 2.18 bits per heavy atom. The first kappa shape index (κ1) is 17.0. The minimum absolute atomic E-state index is 0.0605. The highest BCUT2D eigenvalue weighted by atomic mass is 32.2. The molecule has 0 saturated carbocycles. The Balaban J connectivity index is 2.09. The summed E-state index contributed by atoms with van der Waals surface area (Å²) in [6.07, 6.45) is -3.62. The average Bonchev–Trinajstić information content (AvgIpc) is 2.66. The van der Waals surface area contributed by atoms with Crippen molar-refractivity contribution in [2.24, 2.45) is 5.73 Å². The molecule has 0 spiro atoms. The first-order valence-electron chi connectivity index (χ1n) is 6.80. The Morgan fingerprint density at radius 1 is 1.41 bits per heavy atom. The van der Waals surface area contributed by atoms with Crippen LogP contribution < -0.4 is 15.8 Å². The van der Waals surface area contributed by atoms with Crippen molar-refractivity contribution in [1.29, 1.82) is 0 Å². The number of carbonyl (C=O) groups is 1. The number of hydrogen-bond acceptors (Lipinski definition) is 4. The standard InChI is InChI=1S/C14H17F3N2O2S/c15-14(16,17)8-21-11-3-1-2-9(6-11)12-13(20)19-10(7-18)4-5-22-12/h1-3,6,10,12H,4-5,7-8,18H2,(H,19,20)/t10-,12+/m0/s1. The van der Waals surface area contributed by atoms with Crippen LogP contribution >= 0.6 is 11.8 Å². The number of halogens is 3. The van der Waals surface area contributed by atoms with Crippen molar-refractivity contribution < 1.29 is 22.7 Å². The normalized spacial score (nSPS) is 22.8. The number of amides is 1. The Hall–Kier alpha value is -1.41. The molecule has 2 rings (SSSR count). The van der Waals surface area contributed by atoms with E-state index in [0.29, 0.717) is 12.1 Å². The zero-order chi connectivity index (χ0) is 16.2. The number of ether oxygens (including phenoxy) is 1. The maximum Gasteiger partial charge on any atom is 0.422 e. The highest BCUT2D eigenvalue weighted by Gasteiger charge is 2.29. The van der Waals surface area contributed by atoms with Gasteiger partial charge in [-0.05, 0) is 29.9 Å². The Bertz CT molecular complexity index is 525. The average molecular weight is 334 g/mol. The molecule has 1 heterocycles. The lowest BCUT2D eigenvalue weighted by atomic mass is 10.1. The highest BCUT2D eigenvalue weighted by molar-refractivity contribution is 8.00. The van der Waals surface area contributed by atoms with E-state index in [-0.39, 0.29) is 17.7 Å². The first-order valence-corrected chi connectivity index (χ1v) is 7.85. The predicted octanol–water partition coefficient (Wildman–Crippen LogP) is 2.25. The van der Waals surface area contributed by atoms with Gasteiger partial charge in [-0.3, -0.25) is 4.79 Å². The van der Waals surface area contributed by atoms with Gasteiger partial charge in [0.25, 0.3) is 0 Å². The molecule has 1 aromatic carbocycles. The van der Waals surface area contributed by atoms with Crippen LogP contribution in [0.25, 0.3) is 0 Å². The van der Waals surface area contributed by atoms with Gasteiger partial charge in [0.1, 0.15) is 11.0 Å². The molecule has 0 aromatic heterocycles. The summed E-state index contributed by atoms with van der Waals surface area (Å²) < 4.78 is 41.3. The van der Waals surface area contributed by atoms with Gasteiger partial charge in [-0.1, -0.05) is 12.1 Å². The fourth-order valence-corrected chi connectivity index (χ4v) is 3.32. The Labute approximate surface area is 130 Å². The Kier molecular flexibility index (Phi) is 5.57. The molecular formula is C14H17F3N2O2S. The lowest BCUT2D eigenvalue weighted by molar-refractivity contribution is -0.153. The monoisotopic (exact) mass is 334 g/mol. The SMILES string of the molecule is NC[C@@H]1CCS[C@H](c2cccc(OCC(F)(F)F)c2)C(=O)N1. The molecule has 0 bridgehead atoms. The van der Waals surface area contributed by atoms with Gasteiger partial charge in [0.15, 0.2) is 6.61 Å². The van der Waals surface area contributed by atoms with Crippen LogP contribution in [0.4, 0.5) is 13.2 Å². The quantitative estimate of drug-likeness (QED) is 0.886. The summed E-state index contributed by atoms with van der Waals surface area (Å²) in [6.45, 7) is -0.983. The molecule has 122 valence electrons. The summed E-state index contributed by atoms with van der Waals surface area (Å²) in [4.78, 5) is 12.2. The molecule has 0 aliphatic carbocycles. The second-order valence-corrected chi connectivity index (χ2v) is 6.17. The molecule has 1 amide bonds. The number of hydrogen-bond donors (Lipinski definition) is 2. The summed E-state index contributed by atoms with van der Waals surface area (Å²) in [5, 5.41) is 2.38. The number of carbonyl (C=O) groups excluding carboxylic acids is 1. The summed E-state index contributed by atoms with van der Waals surface area (Å²) >= 11 is 1.45. The zero-order valence-electron chi connectivity index (χ0n) is 11.7. The summed E-state index contributed by atoms with van der Waals surface area (Å²) in [6, 6.07) is 6.15. The van der Waals surface area contributed by atoms with E-state index >= 15 is 0 Å². The maximum absolute atomic E-state index is 12.2. The molecule has 1 fully saturated rings. The minimum atomic E-state index is -4.39. The van der Waals surface area contributed by atoms with Crippen molar-refractivity contribution in [2.45, 2.75) is 23.9 Å². The van der Waals surface area contributed by atoms with Gasteiger partial charge in [0.05, 0.1) is 0 Å². The molecule has 1 aliphatic heterocycles. The first-order chi connectivity index (χ1) is 10.4. The third-order valence-electron chi connectivity index (χ3n) is 3.18. The fraction of sp³-hybridized carbons (Fsp3) is 0.500. The van der Waals surface area contributed by atoms with Crippen LogP contribution in [0.5, 0.6) is 5.75 Å². The number of rotatable bonds is 4. The molecule has 22 heavy (non-hydrogen) atoms. The second-order valence-electron chi connectivity index (χ2n) is 4.96. The van der Waals surface area contributed by atoms with E-state index in [2.05, 4.69) is 5.32 Å². The summed E-state index contributed by atoms with van der Waals surface area (Å²) in [5.41, 5.74) is 6.20. The minimum Gasteiger partial charge on any atom is -0.484 e. The van der Waals surface area contributed by atoms with E-state index in [1.807, 2.05) is 0 Å². The molecule has 2 atom stereocenters. The molecule has 0 unspecified atom stereocenters. The molecule has 1 saturated heterocycles. The molecular weight excluding hydrogens is 317 g/mol. The van der Waals surface area contributed by atoms with Crippen LogP contribution in [0.15, 0.2) is 24.3 Å². The van der Waals surface area contributed by atoms with Crippen LogP contribution in [0.3, 0.4) is 0 Å². The third kappa shape index (κ3) is 4.81. The number of nitrogens with two attached hydrogens (primary N) is 1. The van der Waals surface area contributed by atoms with Crippen molar-refractivity contribution in [3.05, 3.63) is 29.8 Å². The van der Waals surface area contributed by atoms with E-state index in [1.54, 1.807) is 12.1 Å². The van der Waals surface area contributed by atoms with E-state index in [9.17, 15) is 18.0 Å². The molecule has 3 N–H and O–H groups in total. The molecule has 0 radical (unpaired) electrons. The molecule has 8 heteroatoms. The van der Waals surface area contributed by atoms with Gasteiger partial charge in [-0.25, -0.2) is 0 Å². The van der Waals surface area contributed by atoms with Crippen molar-refractivity contribution in [3.8, 4) is 5.75 Å². The lowest BCUT2D eigenvalue weighted by Crippen LogP contribution is -2.40. The van der Waals surface area contributed by atoms with Crippen LogP contribution in [-0.4, -0.2) is 37.0 Å². The van der Waals surface area contributed by atoms with Crippen molar-refractivity contribution in [1.82, 2.24) is 5.32 Å². The Morgan fingerprint density at radius 3 is 2.86 bits per heavy atom. The lowest BCUT2D eigenvalue weighted by Gasteiger charge is -2.16. The fourth-order valence-electron chi connectivity index (χ4n) is 2.11. The molecule has 1 aromatic rings. The van der Waals surface area contributed by atoms with Crippen molar-refractivity contribution in [3.63, 3.8) is 0 Å². The molecule has 1 aliphatic rings. The van der Waals surface area contributed by atoms with Gasteiger partial charge in [0.2, 0.25) is 5.91 Å². The maximum atomic E-state index is 12.2. The third-order valence-corrected chi connectivity index (χ3v) is 4.47. The van der Waals surface area contributed by atoms with Crippen LogP contribution in [0, 0.1) is 0 Å². The number of benzene rings is 1. The van der Waals surface area contributed by atoms with Crippen LogP contribution in [0.1, 0.15) is 17.2 Å². The largest absolute Gasteiger partial charge is 0.484 e. The summed E-state index contributed by atoms with van der Waals surface area (Å²) in [7, 11) is 0. The highest BCUT2D eigenvalue weighted by Crippen LogP contribution is 2.34. The topological polar surface area (TPSA) is 64.3 Å². The van der Waals surface area contributed by atoms with Crippen LogP contribution in [0.2, 0.25) is 0 Å². The van der Waals surface area contributed by atoms with Gasteiger partial charge in [0, 0.05) is 12.6 Å². The summed E-state index contributed by atoms with van der Waals surface area (Å²) in [5.74, 6) is 0.674. The number of thioether (sulfide) groups is 1. The second kappa shape index (κ2) is 7.23. The number of nitrogens with one attached hydrogen (secondary N) is 1. The number of alkyl halides is 3. The van der Waals surface area contributed by atoms with E-state index in [0.717, 1.165) is 12.2 Å². The van der Waals surface area contributed by atoms with Gasteiger partial charge in [-0.15, -0.1) is 11.8 Å². The van der Waals surface area contributed by atoms with Crippen molar-refractivity contribution >= 4 is 17.7 Å². The van der Waals surface area contributed by atoms with Crippen molar-refractivity contribution in [2.75, 3.05) is 18.9 Å². The van der Waals surface area contributed by atoms with E-state index in [4.69, 9.17) is 10.5 Å².